The minimum absolute atomic E-state index is 0.0997. The molecule has 0 radical (unpaired) electrons. The third-order valence-corrected chi connectivity index (χ3v) is 12.5. The standard InChI is InChI=1S/C68H110O6/c1-4-7-10-13-16-19-22-25-28-31-34-37-40-43-46-49-52-55-58-61-67(70)73-64-65(63-72-66(69)60-57-54-51-48-45-42-39-36-33-30-27-24-21-18-15-12-9-6-3)74-68(71)62-59-56-53-50-47-44-41-38-35-32-29-26-23-20-17-14-11-8-5-2/h7-8,10-11,16-21,24-30,33-34,36-37,39,65H,4-6,9,12-15,22-23,31-32,35,38,40-64H2,1-3H3/b10-7-,11-8-,19-16-,20-17-,21-18-,27-24-,28-25-,29-26-,33-30-,37-34-,39-36-. The highest BCUT2D eigenvalue weighted by Crippen LogP contribution is 2.15. The van der Waals surface area contributed by atoms with E-state index < -0.39 is 6.10 Å². The van der Waals surface area contributed by atoms with Crippen LogP contribution in [0.15, 0.2) is 134 Å². The van der Waals surface area contributed by atoms with Crippen molar-refractivity contribution >= 4 is 17.9 Å². The minimum atomic E-state index is -0.804. The lowest BCUT2D eigenvalue weighted by Gasteiger charge is -2.18. The van der Waals surface area contributed by atoms with Crippen molar-refractivity contribution in [1.82, 2.24) is 0 Å². The van der Waals surface area contributed by atoms with Crippen molar-refractivity contribution in [2.24, 2.45) is 0 Å². The molecule has 0 aliphatic rings. The molecule has 0 N–H and O–H groups in total. The number of hydrogen-bond donors (Lipinski definition) is 0. The summed E-state index contributed by atoms with van der Waals surface area (Å²) in [5.74, 6) is -0.941. The zero-order chi connectivity index (χ0) is 53.6. The van der Waals surface area contributed by atoms with Crippen LogP contribution in [0.3, 0.4) is 0 Å². The molecule has 0 aliphatic carbocycles. The number of unbranched alkanes of at least 4 members (excludes halogenated alkanes) is 23. The summed E-state index contributed by atoms with van der Waals surface area (Å²) in [7, 11) is 0. The van der Waals surface area contributed by atoms with Gasteiger partial charge in [-0.15, -0.1) is 0 Å². The molecular weight excluding hydrogens is 913 g/mol. The molecule has 0 rings (SSSR count). The lowest BCUT2D eigenvalue weighted by molar-refractivity contribution is -0.167. The smallest absolute Gasteiger partial charge is 0.306 e. The maximum absolute atomic E-state index is 12.9. The molecule has 0 aromatic carbocycles. The van der Waals surface area contributed by atoms with Gasteiger partial charge < -0.3 is 14.2 Å². The van der Waals surface area contributed by atoms with Crippen LogP contribution in [-0.4, -0.2) is 37.2 Å². The van der Waals surface area contributed by atoms with Crippen LogP contribution in [0.25, 0.3) is 0 Å². The number of rotatable bonds is 53. The fourth-order valence-electron chi connectivity index (χ4n) is 7.99. The number of esters is 3. The molecule has 1 unspecified atom stereocenters. The Kier molecular flexibility index (Phi) is 57.4. The van der Waals surface area contributed by atoms with E-state index >= 15 is 0 Å². The summed E-state index contributed by atoms with van der Waals surface area (Å²) in [5.41, 5.74) is 0. The Labute approximate surface area is 455 Å². The monoisotopic (exact) mass is 1020 g/mol. The summed E-state index contributed by atoms with van der Waals surface area (Å²) in [6, 6.07) is 0. The van der Waals surface area contributed by atoms with Gasteiger partial charge in [0.2, 0.25) is 0 Å². The van der Waals surface area contributed by atoms with Crippen LogP contribution >= 0.6 is 0 Å². The van der Waals surface area contributed by atoms with E-state index in [4.69, 9.17) is 14.2 Å². The van der Waals surface area contributed by atoms with Crippen LogP contribution in [0.5, 0.6) is 0 Å². The maximum Gasteiger partial charge on any atom is 0.306 e. The molecule has 1 atom stereocenters. The van der Waals surface area contributed by atoms with Gasteiger partial charge in [-0.05, 0) is 116 Å². The van der Waals surface area contributed by atoms with E-state index in [1.54, 1.807) is 0 Å². The maximum atomic E-state index is 12.9. The fraction of sp³-hybridized carbons (Fsp3) is 0.632. The van der Waals surface area contributed by atoms with E-state index in [1.165, 1.54) is 70.6 Å². The van der Waals surface area contributed by atoms with Gasteiger partial charge in [0.15, 0.2) is 6.10 Å². The Balaban J connectivity index is 4.49. The fourth-order valence-corrected chi connectivity index (χ4v) is 7.99. The molecule has 0 aliphatic heterocycles. The molecule has 0 amide bonds. The Morgan fingerprint density at radius 1 is 0.297 bits per heavy atom. The number of carbonyl (C=O) groups is 3. The van der Waals surface area contributed by atoms with Gasteiger partial charge in [-0.25, -0.2) is 0 Å². The van der Waals surface area contributed by atoms with Crippen LogP contribution in [0.2, 0.25) is 0 Å². The predicted molar refractivity (Wildman–Crippen MR) is 320 cm³/mol. The van der Waals surface area contributed by atoms with Crippen molar-refractivity contribution in [2.75, 3.05) is 13.2 Å². The molecule has 0 aromatic heterocycles. The van der Waals surface area contributed by atoms with Gasteiger partial charge in [0, 0.05) is 19.3 Å². The van der Waals surface area contributed by atoms with Gasteiger partial charge in [0.25, 0.3) is 0 Å². The highest BCUT2D eigenvalue weighted by atomic mass is 16.6. The molecule has 0 saturated heterocycles. The summed E-state index contributed by atoms with van der Waals surface area (Å²) < 4.78 is 16.9. The van der Waals surface area contributed by atoms with Crippen LogP contribution < -0.4 is 0 Å². The lowest BCUT2D eigenvalue weighted by Crippen LogP contribution is -2.30. The lowest BCUT2D eigenvalue weighted by atomic mass is 10.1. The first-order chi connectivity index (χ1) is 36.5. The second kappa shape index (κ2) is 61.1. The van der Waals surface area contributed by atoms with E-state index in [-0.39, 0.29) is 31.1 Å². The molecule has 0 aromatic rings. The summed E-state index contributed by atoms with van der Waals surface area (Å²) >= 11 is 0. The van der Waals surface area contributed by atoms with Gasteiger partial charge in [0.05, 0.1) is 0 Å². The number of allylic oxidation sites excluding steroid dienone is 22. The molecule has 0 heterocycles. The predicted octanol–water partition coefficient (Wildman–Crippen LogP) is 20.6. The molecule has 0 saturated carbocycles. The Hall–Kier alpha value is -4.45. The van der Waals surface area contributed by atoms with Crippen LogP contribution in [0, 0.1) is 0 Å². The van der Waals surface area contributed by atoms with E-state index in [1.807, 2.05) is 0 Å². The van der Waals surface area contributed by atoms with Crippen LogP contribution in [0.4, 0.5) is 0 Å². The average Bonchev–Trinajstić information content (AvgIpc) is 3.40. The summed E-state index contributed by atoms with van der Waals surface area (Å²) in [5, 5.41) is 0. The van der Waals surface area contributed by atoms with Gasteiger partial charge in [-0.1, -0.05) is 257 Å². The van der Waals surface area contributed by atoms with Crippen molar-refractivity contribution in [3.63, 3.8) is 0 Å². The average molecular weight is 1020 g/mol. The van der Waals surface area contributed by atoms with Crippen molar-refractivity contribution < 1.29 is 28.6 Å². The minimum Gasteiger partial charge on any atom is -0.462 e. The van der Waals surface area contributed by atoms with Gasteiger partial charge in [0.1, 0.15) is 13.2 Å². The van der Waals surface area contributed by atoms with Crippen molar-refractivity contribution in [3.05, 3.63) is 134 Å². The van der Waals surface area contributed by atoms with Crippen LogP contribution in [0.1, 0.15) is 258 Å². The summed E-state index contributed by atoms with van der Waals surface area (Å²) in [4.78, 5) is 38.3. The largest absolute Gasteiger partial charge is 0.462 e. The summed E-state index contributed by atoms with van der Waals surface area (Å²) in [6.07, 6.45) is 85.7. The Morgan fingerprint density at radius 2 is 0.581 bits per heavy atom. The third-order valence-electron chi connectivity index (χ3n) is 12.5. The topological polar surface area (TPSA) is 78.9 Å². The van der Waals surface area contributed by atoms with Crippen molar-refractivity contribution in [1.29, 1.82) is 0 Å². The van der Waals surface area contributed by atoms with Gasteiger partial charge in [-0.2, -0.15) is 0 Å². The number of carbonyl (C=O) groups excluding carboxylic acids is 3. The van der Waals surface area contributed by atoms with E-state index in [9.17, 15) is 14.4 Å². The highest BCUT2D eigenvalue weighted by Gasteiger charge is 2.19. The molecule has 74 heavy (non-hydrogen) atoms. The zero-order valence-corrected chi connectivity index (χ0v) is 47.8. The first kappa shape index (κ1) is 69.5. The van der Waals surface area contributed by atoms with E-state index in [2.05, 4.69) is 154 Å². The quantitative estimate of drug-likeness (QED) is 0.0199. The third kappa shape index (κ3) is 58.4. The highest BCUT2D eigenvalue weighted by molar-refractivity contribution is 5.71. The van der Waals surface area contributed by atoms with Crippen LogP contribution in [-0.2, 0) is 28.6 Å². The SMILES string of the molecule is CC/C=C\C/C=C\C/C=C\C/C=C\CCCCCCCCC(=O)OCC(COC(=O)CCCCCCC\C=C/C=C\C=C/C=C\CCCCC)OC(=O)CCCCCCCCCCC/C=C\C/C=C\C/C=C\CC. The normalized spacial score (nSPS) is 13.1. The molecule has 0 bridgehead atoms. The molecule has 6 nitrogen and oxygen atoms in total. The van der Waals surface area contributed by atoms with Crippen molar-refractivity contribution in [3.8, 4) is 0 Å². The molecule has 0 spiro atoms. The van der Waals surface area contributed by atoms with Gasteiger partial charge >= 0.3 is 17.9 Å². The second-order valence-corrected chi connectivity index (χ2v) is 19.6. The Morgan fingerprint density at radius 3 is 0.946 bits per heavy atom. The molecule has 418 valence electrons. The van der Waals surface area contributed by atoms with Crippen molar-refractivity contribution in [2.45, 2.75) is 264 Å². The molecular formula is C68H110O6. The zero-order valence-electron chi connectivity index (χ0n) is 47.8. The second-order valence-electron chi connectivity index (χ2n) is 19.6. The van der Waals surface area contributed by atoms with Gasteiger partial charge in [-0.3, -0.25) is 14.4 Å². The number of ether oxygens (including phenoxy) is 3. The van der Waals surface area contributed by atoms with E-state index in [0.29, 0.717) is 19.3 Å². The number of hydrogen-bond acceptors (Lipinski definition) is 6. The molecule has 0 fully saturated rings. The van der Waals surface area contributed by atoms with E-state index in [0.717, 1.165) is 148 Å². The first-order valence-electron chi connectivity index (χ1n) is 30.2. The molecule has 6 heteroatoms. The Bertz CT molecular complexity index is 1600. The summed E-state index contributed by atoms with van der Waals surface area (Å²) in [6.45, 7) is 6.35. The first-order valence-corrected chi connectivity index (χ1v) is 30.2.